The Kier molecular flexibility index (Phi) is 5.89. The van der Waals surface area contributed by atoms with Crippen molar-refractivity contribution in [3.8, 4) is 0 Å². The van der Waals surface area contributed by atoms with Crippen molar-refractivity contribution in [1.82, 2.24) is 10.3 Å². The standard InChI is InChI=1S/C15H22N2O6/c1-8(2)6-9(17-14(21)23-15(3,4)5)11(18)12-16-10(7-22-12)13(19)20/h7-9H,6H2,1-5H3,(H,17,21)(H,19,20)/t9-/m0/s1. The van der Waals surface area contributed by atoms with Gasteiger partial charge in [0.25, 0.3) is 5.89 Å². The van der Waals surface area contributed by atoms with Crippen molar-refractivity contribution < 1.29 is 28.6 Å². The number of nitrogens with zero attached hydrogens (tertiary/aromatic N) is 1. The van der Waals surface area contributed by atoms with Gasteiger partial charge >= 0.3 is 12.1 Å². The monoisotopic (exact) mass is 326 g/mol. The molecule has 1 atom stereocenters. The van der Waals surface area contributed by atoms with Crippen molar-refractivity contribution in [2.45, 2.75) is 52.7 Å². The van der Waals surface area contributed by atoms with E-state index in [-0.39, 0.29) is 17.5 Å². The van der Waals surface area contributed by atoms with Gasteiger partial charge in [0.2, 0.25) is 5.78 Å². The van der Waals surface area contributed by atoms with Crippen LogP contribution in [0.3, 0.4) is 0 Å². The maximum Gasteiger partial charge on any atom is 0.408 e. The summed E-state index contributed by atoms with van der Waals surface area (Å²) >= 11 is 0. The number of aromatic nitrogens is 1. The molecule has 0 radical (unpaired) electrons. The molecule has 0 aliphatic rings. The zero-order chi connectivity index (χ0) is 17.8. The molecule has 1 heterocycles. The van der Waals surface area contributed by atoms with Crippen LogP contribution < -0.4 is 5.32 Å². The number of carbonyl (C=O) groups excluding carboxylic acids is 2. The second-order valence-corrected chi connectivity index (χ2v) is 6.54. The Labute approximate surface area is 134 Å². The number of carboxylic acids is 1. The van der Waals surface area contributed by atoms with E-state index in [2.05, 4.69) is 10.3 Å². The second kappa shape index (κ2) is 7.26. The van der Waals surface area contributed by atoms with Gasteiger partial charge in [-0.15, -0.1) is 0 Å². The molecule has 0 bridgehead atoms. The van der Waals surface area contributed by atoms with Crippen LogP contribution in [0, 0.1) is 5.92 Å². The quantitative estimate of drug-likeness (QED) is 0.771. The van der Waals surface area contributed by atoms with Crippen molar-refractivity contribution in [2.75, 3.05) is 0 Å². The smallest absolute Gasteiger partial charge is 0.408 e. The van der Waals surface area contributed by atoms with E-state index in [1.54, 1.807) is 20.8 Å². The van der Waals surface area contributed by atoms with Gasteiger partial charge in [0.05, 0.1) is 0 Å². The Balaban J connectivity index is 2.89. The van der Waals surface area contributed by atoms with E-state index in [1.165, 1.54) is 0 Å². The van der Waals surface area contributed by atoms with Crippen LogP contribution in [0.25, 0.3) is 0 Å². The summed E-state index contributed by atoms with van der Waals surface area (Å²) in [6, 6.07) is -0.912. The Bertz CT molecular complexity index is 585. The molecule has 1 rings (SSSR count). The number of amides is 1. The molecule has 0 aliphatic heterocycles. The van der Waals surface area contributed by atoms with Crippen molar-refractivity contribution >= 4 is 17.8 Å². The van der Waals surface area contributed by atoms with Crippen LogP contribution in [0.15, 0.2) is 10.7 Å². The summed E-state index contributed by atoms with van der Waals surface area (Å²) < 4.78 is 10.0. The third kappa shape index (κ3) is 6.09. The molecule has 0 fully saturated rings. The minimum atomic E-state index is -1.30. The van der Waals surface area contributed by atoms with Crippen LogP contribution in [-0.2, 0) is 4.74 Å². The summed E-state index contributed by atoms with van der Waals surface area (Å²) in [5, 5.41) is 11.3. The molecular weight excluding hydrogens is 304 g/mol. The van der Waals surface area contributed by atoms with Gasteiger partial charge in [0.15, 0.2) is 5.69 Å². The molecule has 1 aromatic heterocycles. The van der Waals surface area contributed by atoms with Crippen molar-refractivity contribution in [3.05, 3.63) is 17.8 Å². The van der Waals surface area contributed by atoms with Gasteiger partial charge in [0, 0.05) is 0 Å². The van der Waals surface area contributed by atoms with E-state index in [0.29, 0.717) is 6.42 Å². The molecule has 8 heteroatoms. The first kappa shape index (κ1) is 18.7. The maximum absolute atomic E-state index is 12.4. The molecule has 0 aliphatic carbocycles. The van der Waals surface area contributed by atoms with Crippen LogP contribution in [0.1, 0.15) is 62.2 Å². The topological polar surface area (TPSA) is 119 Å². The number of rotatable bonds is 6. The van der Waals surface area contributed by atoms with Crippen LogP contribution in [0.5, 0.6) is 0 Å². The number of carboxylic acid groups (broad SMARTS) is 1. The Morgan fingerprint density at radius 1 is 1.35 bits per heavy atom. The number of Topliss-reactive ketones (excluding diaryl/α,β-unsaturated/α-hetero) is 1. The number of aromatic carboxylic acids is 1. The van der Waals surface area contributed by atoms with E-state index < -0.39 is 29.5 Å². The zero-order valence-corrected chi connectivity index (χ0v) is 13.9. The number of ether oxygens (including phenoxy) is 1. The lowest BCUT2D eigenvalue weighted by Crippen LogP contribution is -2.44. The molecule has 0 unspecified atom stereocenters. The fourth-order valence-electron chi connectivity index (χ4n) is 1.79. The van der Waals surface area contributed by atoms with Gasteiger partial charge in [-0.2, -0.15) is 4.98 Å². The number of ketones is 1. The highest BCUT2D eigenvalue weighted by Gasteiger charge is 2.29. The van der Waals surface area contributed by atoms with Gasteiger partial charge in [-0.25, -0.2) is 9.59 Å². The molecule has 1 amide bonds. The Morgan fingerprint density at radius 3 is 2.39 bits per heavy atom. The van der Waals surface area contributed by atoms with E-state index in [9.17, 15) is 14.4 Å². The zero-order valence-electron chi connectivity index (χ0n) is 13.9. The first-order chi connectivity index (χ1) is 10.5. The molecule has 0 saturated heterocycles. The minimum absolute atomic E-state index is 0.104. The summed E-state index contributed by atoms with van der Waals surface area (Å²) in [5.74, 6) is -2.15. The van der Waals surface area contributed by atoms with E-state index >= 15 is 0 Å². The Morgan fingerprint density at radius 2 is 1.96 bits per heavy atom. The minimum Gasteiger partial charge on any atom is -0.476 e. The molecule has 2 N–H and O–H groups in total. The highest BCUT2D eigenvalue weighted by molar-refractivity contribution is 5.98. The fraction of sp³-hybridized carbons (Fsp3) is 0.600. The third-order valence-corrected chi connectivity index (χ3v) is 2.65. The van der Waals surface area contributed by atoms with Gasteiger partial charge in [-0.05, 0) is 33.1 Å². The highest BCUT2D eigenvalue weighted by Crippen LogP contribution is 2.13. The number of hydrogen-bond donors (Lipinski definition) is 2. The normalized spacial score (nSPS) is 12.8. The molecule has 0 saturated carbocycles. The predicted octanol–water partition coefficient (Wildman–Crippen LogP) is 2.49. The summed E-state index contributed by atoms with van der Waals surface area (Å²) in [6.45, 7) is 8.89. The van der Waals surface area contributed by atoms with Crippen LogP contribution >= 0.6 is 0 Å². The Hall–Kier alpha value is -2.38. The molecule has 1 aromatic rings. The van der Waals surface area contributed by atoms with Crippen LogP contribution in [-0.4, -0.2) is 39.6 Å². The predicted molar refractivity (Wildman–Crippen MR) is 80.4 cm³/mol. The number of carbonyl (C=O) groups is 3. The lowest BCUT2D eigenvalue weighted by molar-refractivity contribution is 0.0481. The lowest BCUT2D eigenvalue weighted by Gasteiger charge is -2.23. The molecule has 8 nitrogen and oxygen atoms in total. The van der Waals surface area contributed by atoms with Gasteiger partial charge < -0.3 is 19.6 Å². The van der Waals surface area contributed by atoms with Crippen LogP contribution in [0.4, 0.5) is 4.79 Å². The summed E-state index contributed by atoms with van der Waals surface area (Å²) in [4.78, 5) is 38.7. The van der Waals surface area contributed by atoms with E-state index in [4.69, 9.17) is 14.3 Å². The average Bonchev–Trinajstić information content (AvgIpc) is 2.83. The van der Waals surface area contributed by atoms with Crippen molar-refractivity contribution in [1.29, 1.82) is 0 Å². The van der Waals surface area contributed by atoms with Crippen molar-refractivity contribution in [2.24, 2.45) is 5.92 Å². The number of nitrogens with one attached hydrogen (secondary N) is 1. The highest BCUT2D eigenvalue weighted by atomic mass is 16.6. The number of oxazole rings is 1. The first-order valence-electron chi connectivity index (χ1n) is 7.22. The summed E-state index contributed by atoms with van der Waals surface area (Å²) in [7, 11) is 0. The van der Waals surface area contributed by atoms with Gasteiger partial charge in [0.1, 0.15) is 17.9 Å². The van der Waals surface area contributed by atoms with Gasteiger partial charge in [-0.1, -0.05) is 13.8 Å². The molecule has 0 spiro atoms. The summed E-state index contributed by atoms with van der Waals surface area (Å²) in [5.41, 5.74) is -1.07. The van der Waals surface area contributed by atoms with Crippen molar-refractivity contribution in [3.63, 3.8) is 0 Å². The first-order valence-corrected chi connectivity index (χ1v) is 7.22. The molecule has 128 valence electrons. The SMILES string of the molecule is CC(C)C[C@H](NC(=O)OC(C)(C)C)C(=O)c1nc(C(=O)O)co1. The van der Waals surface area contributed by atoms with Crippen LogP contribution in [0.2, 0.25) is 0 Å². The average molecular weight is 326 g/mol. The second-order valence-electron chi connectivity index (χ2n) is 6.54. The molecule has 23 heavy (non-hydrogen) atoms. The summed E-state index contributed by atoms with van der Waals surface area (Å²) in [6.07, 6.45) is 0.486. The van der Waals surface area contributed by atoms with E-state index in [1.807, 2.05) is 13.8 Å². The molecule has 0 aromatic carbocycles. The van der Waals surface area contributed by atoms with E-state index in [0.717, 1.165) is 6.26 Å². The molecular formula is C15H22N2O6. The maximum atomic E-state index is 12.4. The largest absolute Gasteiger partial charge is 0.476 e. The third-order valence-electron chi connectivity index (χ3n) is 2.65. The van der Waals surface area contributed by atoms with Gasteiger partial charge in [-0.3, -0.25) is 4.79 Å². The lowest BCUT2D eigenvalue weighted by atomic mass is 10.0. The fourth-order valence-corrected chi connectivity index (χ4v) is 1.79. The number of hydrogen-bond acceptors (Lipinski definition) is 6. The number of alkyl carbamates (subject to hydrolysis) is 1.